The van der Waals surface area contributed by atoms with Crippen molar-refractivity contribution in [1.82, 2.24) is 0 Å². The van der Waals surface area contributed by atoms with Crippen molar-refractivity contribution in [2.24, 2.45) is 10.7 Å². The maximum absolute atomic E-state index is 5.86. The SMILES string of the molecule is CCC(N)=N/C=C/c1ccc(Cl)c(Cl)c1. The molecule has 4 heteroatoms. The fourth-order valence-electron chi connectivity index (χ4n) is 0.926. The number of rotatable bonds is 3. The van der Waals surface area contributed by atoms with Gasteiger partial charge >= 0.3 is 0 Å². The Morgan fingerprint density at radius 1 is 1.40 bits per heavy atom. The summed E-state index contributed by atoms with van der Waals surface area (Å²) in [6, 6.07) is 5.39. The lowest BCUT2D eigenvalue weighted by molar-refractivity contribution is 1.24. The Morgan fingerprint density at radius 3 is 2.73 bits per heavy atom. The summed E-state index contributed by atoms with van der Waals surface area (Å²) in [6.45, 7) is 1.95. The van der Waals surface area contributed by atoms with Crippen LogP contribution in [0.5, 0.6) is 0 Å². The standard InChI is InChI=1S/C11H12Cl2N2/c1-2-11(14)15-6-5-8-3-4-9(12)10(13)7-8/h3-7H,2H2,1H3,(H2,14,15)/b6-5+. The van der Waals surface area contributed by atoms with E-state index in [0.717, 1.165) is 12.0 Å². The van der Waals surface area contributed by atoms with E-state index in [4.69, 9.17) is 28.9 Å². The van der Waals surface area contributed by atoms with Gasteiger partial charge in [-0.2, -0.15) is 0 Å². The van der Waals surface area contributed by atoms with Gasteiger partial charge in [0.2, 0.25) is 0 Å². The summed E-state index contributed by atoms with van der Waals surface area (Å²) in [6.07, 6.45) is 4.22. The molecule has 0 amide bonds. The monoisotopic (exact) mass is 242 g/mol. The predicted molar refractivity (Wildman–Crippen MR) is 67.4 cm³/mol. The van der Waals surface area contributed by atoms with Crippen LogP contribution in [0.3, 0.4) is 0 Å². The van der Waals surface area contributed by atoms with Crippen molar-refractivity contribution in [2.45, 2.75) is 13.3 Å². The number of nitrogens with two attached hydrogens (primary N) is 1. The number of benzene rings is 1. The van der Waals surface area contributed by atoms with E-state index in [1.807, 2.05) is 19.1 Å². The van der Waals surface area contributed by atoms with Crippen molar-refractivity contribution in [1.29, 1.82) is 0 Å². The molecule has 0 unspecified atom stereocenters. The molecule has 0 aliphatic rings. The molecule has 0 aliphatic heterocycles. The van der Waals surface area contributed by atoms with E-state index in [2.05, 4.69) is 4.99 Å². The lowest BCUT2D eigenvalue weighted by Gasteiger charge is -1.96. The molecule has 0 bridgehead atoms. The van der Waals surface area contributed by atoms with Crippen molar-refractivity contribution in [3.63, 3.8) is 0 Å². The van der Waals surface area contributed by atoms with Crippen LogP contribution in [0.4, 0.5) is 0 Å². The molecule has 2 N–H and O–H groups in total. The topological polar surface area (TPSA) is 38.4 Å². The van der Waals surface area contributed by atoms with Gasteiger partial charge in [0.05, 0.1) is 15.9 Å². The van der Waals surface area contributed by atoms with E-state index in [9.17, 15) is 0 Å². The van der Waals surface area contributed by atoms with Crippen LogP contribution in [0.15, 0.2) is 29.4 Å². The number of nitrogens with zero attached hydrogens (tertiary/aromatic N) is 1. The Kier molecular flexibility index (Phi) is 4.66. The molecule has 0 fully saturated rings. The summed E-state index contributed by atoms with van der Waals surface area (Å²) in [5.74, 6) is 0.603. The molecule has 1 rings (SSSR count). The maximum Gasteiger partial charge on any atom is 0.0986 e. The highest BCUT2D eigenvalue weighted by molar-refractivity contribution is 6.42. The van der Waals surface area contributed by atoms with Crippen LogP contribution in [0.25, 0.3) is 6.08 Å². The maximum atomic E-state index is 5.86. The zero-order valence-electron chi connectivity index (χ0n) is 8.37. The first-order chi connectivity index (χ1) is 7.13. The normalized spacial score (nSPS) is 12.3. The molecular weight excluding hydrogens is 231 g/mol. The first-order valence-electron chi connectivity index (χ1n) is 4.57. The molecule has 1 aromatic rings. The van der Waals surface area contributed by atoms with Crippen LogP contribution >= 0.6 is 23.2 Å². The highest BCUT2D eigenvalue weighted by atomic mass is 35.5. The zero-order valence-corrected chi connectivity index (χ0v) is 9.89. The first kappa shape index (κ1) is 12.1. The minimum atomic E-state index is 0.534. The Labute approximate surface area is 99.4 Å². The van der Waals surface area contributed by atoms with Gasteiger partial charge in [-0.1, -0.05) is 36.2 Å². The quantitative estimate of drug-likeness (QED) is 0.637. The van der Waals surface area contributed by atoms with Gasteiger partial charge in [-0.05, 0) is 23.8 Å². The Morgan fingerprint density at radius 2 is 2.13 bits per heavy atom. The third-order valence-electron chi connectivity index (χ3n) is 1.81. The Bertz CT molecular complexity index is 398. The third kappa shape index (κ3) is 3.94. The lowest BCUT2D eigenvalue weighted by atomic mass is 10.2. The molecule has 0 aliphatic carbocycles. The second-order valence-corrected chi connectivity index (χ2v) is 3.78. The highest BCUT2D eigenvalue weighted by Crippen LogP contribution is 2.23. The largest absolute Gasteiger partial charge is 0.387 e. The van der Waals surface area contributed by atoms with Crippen molar-refractivity contribution >= 4 is 35.1 Å². The predicted octanol–water partition coefficient (Wildman–Crippen LogP) is 3.73. The lowest BCUT2D eigenvalue weighted by Crippen LogP contribution is -2.08. The minimum Gasteiger partial charge on any atom is -0.387 e. The van der Waals surface area contributed by atoms with Crippen LogP contribution in [0.2, 0.25) is 10.0 Å². The minimum absolute atomic E-state index is 0.534. The van der Waals surface area contributed by atoms with Crippen LogP contribution in [-0.4, -0.2) is 5.84 Å². The van der Waals surface area contributed by atoms with Gasteiger partial charge < -0.3 is 5.73 Å². The highest BCUT2D eigenvalue weighted by Gasteiger charge is 1.95. The van der Waals surface area contributed by atoms with Crippen LogP contribution < -0.4 is 5.73 Å². The van der Waals surface area contributed by atoms with Gasteiger partial charge in [0.25, 0.3) is 0 Å². The number of halogens is 2. The van der Waals surface area contributed by atoms with Crippen LogP contribution in [0.1, 0.15) is 18.9 Å². The van der Waals surface area contributed by atoms with E-state index >= 15 is 0 Å². The van der Waals surface area contributed by atoms with E-state index in [0.29, 0.717) is 15.9 Å². The Hall–Kier alpha value is -0.990. The molecule has 0 saturated carbocycles. The van der Waals surface area contributed by atoms with Crippen LogP contribution in [-0.2, 0) is 0 Å². The zero-order chi connectivity index (χ0) is 11.3. The molecule has 0 atom stereocenters. The van der Waals surface area contributed by atoms with Gasteiger partial charge in [-0.3, -0.25) is 0 Å². The van der Waals surface area contributed by atoms with Gasteiger partial charge in [0.15, 0.2) is 0 Å². The number of hydrogen-bond donors (Lipinski definition) is 1. The summed E-state index contributed by atoms with van der Waals surface area (Å²) in [4.78, 5) is 4.03. The molecule has 2 nitrogen and oxygen atoms in total. The van der Waals surface area contributed by atoms with Gasteiger partial charge in [0.1, 0.15) is 0 Å². The van der Waals surface area contributed by atoms with Crippen molar-refractivity contribution in [2.75, 3.05) is 0 Å². The number of amidine groups is 1. The summed E-state index contributed by atoms with van der Waals surface area (Å²) < 4.78 is 0. The molecule has 0 radical (unpaired) electrons. The van der Waals surface area contributed by atoms with Gasteiger partial charge in [0, 0.05) is 12.6 Å². The number of hydrogen-bond acceptors (Lipinski definition) is 1. The van der Waals surface area contributed by atoms with Crippen molar-refractivity contribution in [3.05, 3.63) is 40.0 Å². The number of aliphatic imine (C=N–C) groups is 1. The summed E-state index contributed by atoms with van der Waals surface area (Å²) in [5, 5.41) is 1.08. The summed E-state index contributed by atoms with van der Waals surface area (Å²) in [5.41, 5.74) is 6.48. The second kappa shape index (κ2) is 5.79. The summed E-state index contributed by atoms with van der Waals surface area (Å²) >= 11 is 11.6. The van der Waals surface area contributed by atoms with Crippen LogP contribution in [0, 0.1) is 0 Å². The molecule has 0 saturated heterocycles. The van der Waals surface area contributed by atoms with E-state index in [1.54, 1.807) is 18.3 Å². The Balaban J connectivity index is 2.77. The second-order valence-electron chi connectivity index (χ2n) is 2.96. The molecule has 0 aromatic heterocycles. The van der Waals surface area contributed by atoms with Crippen molar-refractivity contribution < 1.29 is 0 Å². The third-order valence-corrected chi connectivity index (χ3v) is 2.55. The molecule has 0 heterocycles. The molecule has 0 spiro atoms. The van der Waals surface area contributed by atoms with E-state index in [-0.39, 0.29) is 0 Å². The van der Waals surface area contributed by atoms with E-state index in [1.165, 1.54) is 0 Å². The van der Waals surface area contributed by atoms with Crippen molar-refractivity contribution in [3.8, 4) is 0 Å². The first-order valence-corrected chi connectivity index (χ1v) is 5.33. The summed E-state index contributed by atoms with van der Waals surface area (Å²) in [7, 11) is 0. The fraction of sp³-hybridized carbons (Fsp3) is 0.182. The molecule has 15 heavy (non-hydrogen) atoms. The fourth-order valence-corrected chi connectivity index (χ4v) is 1.23. The van der Waals surface area contributed by atoms with Gasteiger partial charge in [-0.25, -0.2) is 4.99 Å². The molecular formula is C11H12Cl2N2. The average molecular weight is 243 g/mol. The average Bonchev–Trinajstić information content (AvgIpc) is 2.23. The molecule has 80 valence electrons. The van der Waals surface area contributed by atoms with E-state index < -0.39 is 0 Å². The van der Waals surface area contributed by atoms with Gasteiger partial charge in [-0.15, -0.1) is 0 Å². The molecule has 1 aromatic carbocycles. The smallest absolute Gasteiger partial charge is 0.0986 e.